The molecule has 0 aliphatic heterocycles. The van der Waals surface area contributed by atoms with Gasteiger partial charge in [0, 0.05) is 30.9 Å². The van der Waals surface area contributed by atoms with Gasteiger partial charge in [0.05, 0.1) is 11.1 Å². The number of amides is 1. The van der Waals surface area contributed by atoms with E-state index in [9.17, 15) is 18.0 Å². The Morgan fingerprint density at radius 3 is 2.70 bits per heavy atom. The van der Waals surface area contributed by atoms with E-state index in [0.717, 1.165) is 35.6 Å². The highest BCUT2D eigenvalue weighted by atomic mass is 19.4. The lowest BCUT2D eigenvalue weighted by atomic mass is 10.1. The molecule has 7 heteroatoms. The van der Waals surface area contributed by atoms with Crippen molar-refractivity contribution in [3.8, 4) is 0 Å². The predicted octanol–water partition coefficient (Wildman–Crippen LogP) is 4.44. The van der Waals surface area contributed by atoms with Crippen LogP contribution in [0, 0.1) is 0 Å². The highest BCUT2D eigenvalue weighted by Gasteiger charge is 2.34. The Hall–Kier alpha value is -2.83. The van der Waals surface area contributed by atoms with Crippen LogP contribution in [0.5, 0.6) is 0 Å². The minimum atomic E-state index is -4.56. The van der Waals surface area contributed by atoms with E-state index in [4.69, 9.17) is 0 Å². The SMILES string of the molecule is CCCn1cc(CCNC(=O)c2ccccc2C(F)(F)F)c2cccnc21. The van der Waals surface area contributed by atoms with E-state index in [0.29, 0.717) is 6.42 Å². The van der Waals surface area contributed by atoms with Crippen LogP contribution in [0.4, 0.5) is 13.2 Å². The number of benzene rings is 1. The van der Waals surface area contributed by atoms with Gasteiger partial charge in [0.25, 0.3) is 5.91 Å². The number of hydrogen-bond acceptors (Lipinski definition) is 2. The van der Waals surface area contributed by atoms with Gasteiger partial charge in [-0.1, -0.05) is 19.1 Å². The average molecular weight is 375 g/mol. The van der Waals surface area contributed by atoms with Crippen LogP contribution in [0.1, 0.15) is 34.8 Å². The molecule has 0 aliphatic carbocycles. The molecule has 3 aromatic rings. The van der Waals surface area contributed by atoms with E-state index >= 15 is 0 Å². The van der Waals surface area contributed by atoms with E-state index < -0.39 is 17.6 Å². The van der Waals surface area contributed by atoms with Crippen LogP contribution in [0.3, 0.4) is 0 Å². The third kappa shape index (κ3) is 4.13. The number of hydrogen-bond donors (Lipinski definition) is 1. The maximum Gasteiger partial charge on any atom is 0.417 e. The molecule has 0 aliphatic rings. The Labute approximate surface area is 155 Å². The fourth-order valence-electron chi connectivity index (χ4n) is 3.14. The molecule has 142 valence electrons. The van der Waals surface area contributed by atoms with Crippen LogP contribution in [0.15, 0.2) is 48.8 Å². The van der Waals surface area contributed by atoms with E-state index in [1.54, 1.807) is 6.20 Å². The van der Waals surface area contributed by atoms with Crippen LogP contribution in [0.25, 0.3) is 11.0 Å². The summed E-state index contributed by atoms with van der Waals surface area (Å²) in [6.07, 6.45) is 0.641. The lowest BCUT2D eigenvalue weighted by molar-refractivity contribution is -0.137. The molecule has 3 rings (SSSR count). The van der Waals surface area contributed by atoms with Gasteiger partial charge in [-0.3, -0.25) is 4.79 Å². The van der Waals surface area contributed by atoms with Crippen molar-refractivity contribution >= 4 is 16.9 Å². The molecule has 0 unspecified atom stereocenters. The predicted molar refractivity (Wildman–Crippen MR) is 97.5 cm³/mol. The first-order valence-electron chi connectivity index (χ1n) is 8.79. The van der Waals surface area contributed by atoms with Gasteiger partial charge in [0.2, 0.25) is 0 Å². The monoisotopic (exact) mass is 375 g/mol. The summed E-state index contributed by atoms with van der Waals surface area (Å²) in [5.74, 6) is -0.724. The normalized spacial score (nSPS) is 11.7. The number of aryl methyl sites for hydroxylation is 1. The summed E-state index contributed by atoms with van der Waals surface area (Å²) in [4.78, 5) is 16.6. The van der Waals surface area contributed by atoms with Gasteiger partial charge in [-0.2, -0.15) is 13.2 Å². The molecule has 2 aromatic heterocycles. The molecule has 0 radical (unpaired) electrons. The highest BCUT2D eigenvalue weighted by molar-refractivity contribution is 5.95. The Morgan fingerprint density at radius 1 is 1.19 bits per heavy atom. The smallest absolute Gasteiger partial charge is 0.352 e. The van der Waals surface area contributed by atoms with Crippen LogP contribution in [0.2, 0.25) is 0 Å². The Kier molecular flexibility index (Phi) is 5.48. The van der Waals surface area contributed by atoms with E-state index in [-0.39, 0.29) is 12.1 Å². The maximum absolute atomic E-state index is 13.1. The summed E-state index contributed by atoms with van der Waals surface area (Å²) in [5, 5.41) is 3.59. The van der Waals surface area contributed by atoms with Crippen molar-refractivity contribution in [2.75, 3.05) is 6.54 Å². The zero-order valence-corrected chi connectivity index (χ0v) is 14.9. The molecular weight excluding hydrogens is 355 g/mol. The first-order chi connectivity index (χ1) is 12.9. The van der Waals surface area contributed by atoms with Crippen LogP contribution >= 0.6 is 0 Å². The van der Waals surface area contributed by atoms with Crippen LogP contribution in [-0.2, 0) is 19.1 Å². The molecule has 0 saturated heterocycles. The van der Waals surface area contributed by atoms with Gasteiger partial charge in [-0.15, -0.1) is 0 Å². The summed E-state index contributed by atoms with van der Waals surface area (Å²) in [6, 6.07) is 8.61. The highest BCUT2D eigenvalue weighted by Crippen LogP contribution is 2.31. The minimum Gasteiger partial charge on any atom is -0.352 e. The second-order valence-electron chi connectivity index (χ2n) is 6.27. The maximum atomic E-state index is 13.1. The lowest BCUT2D eigenvalue weighted by Crippen LogP contribution is -2.28. The zero-order chi connectivity index (χ0) is 19.4. The number of carbonyl (C=O) groups is 1. The zero-order valence-electron chi connectivity index (χ0n) is 14.9. The molecule has 1 N–H and O–H groups in total. The fourth-order valence-corrected chi connectivity index (χ4v) is 3.14. The number of nitrogens with one attached hydrogen (secondary N) is 1. The molecule has 0 fully saturated rings. The van der Waals surface area contributed by atoms with Crippen molar-refractivity contribution in [3.05, 3.63) is 65.5 Å². The molecule has 2 heterocycles. The molecule has 1 aromatic carbocycles. The average Bonchev–Trinajstić information content (AvgIpc) is 2.99. The number of aromatic nitrogens is 2. The number of alkyl halides is 3. The van der Waals surface area contributed by atoms with Gasteiger partial charge in [0.15, 0.2) is 0 Å². The lowest BCUT2D eigenvalue weighted by Gasteiger charge is -2.12. The van der Waals surface area contributed by atoms with Gasteiger partial charge < -0.3 is 9.88 Å². The minimum absolute atomic E-state index is 0.241. The Morgan fingerprint density at radius 2 is 1.96 bits per heavy atom. The molecule has 0 saturated carbocycles. The molecule has 0 spiro atoms. The Balaban J connectivity index is 1.73. The molecule has 27 heavy (non-hydrogen) atoms. The number of nitrogens with zero attached hydrogens (tertiary/aromatic N) is 2. The van der Waals surface area contributed by atoms with Crippen molar-refractivity contribution in [1.29, 1.82) is 0 Å². The van der Waals surface area contributed by atoms with Crippen molar-refractivity contribution in [3.63, 3.8) is 0 Å². The molecule has 1 amide bonds. The third-order valence-electron chi connectivity index (χ3n) is 4.34. The molecule has 4 nitrogen and oxygen atoms in total. The van der Waals surface area contributed by atoms with Crippen molar-refractivity contribution in [2.24, 2.45) is 0 Å². The largest absolute Gasteiger partial charge is 0.417 e. The number of carbonyl (C=O) groups excluding carboxylic acids is 1. The topological polar surface area (TPSA) is 46.9 Å². The summed E-state index contributed by atoms with van der Waals surface area (Å²) >= 11 is 0. The summed E-state index contributed by atoms with van der Waals surface area (Å²) in [7, 11) is 0. The van der Waals surface area contributed by atoms with Crippen molar-refractivity contribution < 1.29 is 18.0 Å². The van der Waals surface area contributed by atoms with Gasteiger partial charge in [-0.25, -0.2) is 4.98 Å². The standard InChI is InChI=1S/C20H20F3N3O/c1-2-12-26-13-14(15-7-5-10-24-18(15)26)9-11-25-19(27)16-6-3-4-8-17(16)20(21,22)23/h3-8,10,13H,2,9,11-12H2,1H3,(H,25,27). The number of fused-ring (bicyclic) bond motifs is 1. The van der Waals surface area contributed by atoms with E-state index in [2.05, 4.69) is 21.8 Å². The molecule has 0 bridgehead atoms. The van der Waals surface area contributed by atoms with E-state index in [1.807, 2.05) is 18.3 Å². The molecular formula is C20H20F3N3O. The number of rotatable bonds is 6. The van der Waals surface area contributed by atoms with Crippen LogP contribution < -0.4 is 5.32 Å². The third-order valence-corrected chi connectivity index (χ3v) is 4.34. The number of pyridine rings is 1. The summed E-state index contributed by atoms with van der Waals surface area (Å²) in [6.45, 7) is 3.15. The van der Waals surface area contributed by atoms with Gasteiger partial charge in [-0.05, 0) is 42.7 Å². The summed E-state index contributed by atoms with van der Waals surface area (Å²) in [5.41, 5.74) is 0.602. The van der Waals surface area contributed by atoms with Crippen molar-refractivity contribution in [2.45, 2.75) is 32.5 Å². The second kappa shape index (κ2) is 7.82. The van der Waals surface area contributed by atoms with Gasteiger partial charge >= 0.3 is 6.18 Å². The van der Waals surface area contributed by atoms with E-state index in [1.165, 1.54) is 18.2 Å². The second-order valence-corrected chi connectivity index (χ2v) is 6.27. The first-order valence-corrected chi connectivity index (χ1v) is 8.79. The summed E-state index contributed by atoms with van der Waals surface area (Å²) < 4.78 is 41.2. The first kappa shape index (κ1) is 18.9. The van der Waals surface area contributed by atoms with Crippen LogP contribution in [-0.4, -0.2) is 22.0 Å². The van der Waals surface area contributed by atoms with Gasteiger partial charge in [0.1, 0.15) is 5.65 Å². The fraction of sp³-hybridized carbons (Fsp3) is 0.300. The Bertz CT molecular complexity index is 947. The van der Waals surface area contributed by atoms with Crippen molar-refractivity contribution in [1.82, 2.24) is 14.9 Å². The number of halogens is 3. The molecule has 0 atom stereocenters. The quantitative estimate of drug-likeness (QED) is 0.693.